The van der Waals surface area contributed by atoms with Crippen LogP contribution in [0.1, 0.15) is 39.0 Å². The number of nitrogens with zero attached hydrogens (tertiary/aromatic N) is 3. The van der Waals surface area contributed by atoms with Crippen molar-refractivity contribution in [2.75, 3.05) is 6.61 Å². The van der Waals surface area contributed by atoms with Crippen LogP contribution in [0.5, 0.6) is 0 Å². The molecule has 24 heavy (non-hydrogen) atoms. The second-order valence-electron chi connectivity index (χ2n) is 5.84. The first kappa shape index (κ1) is 16.3. The summed E-state index contributed by atoms with van der Waals surface area (Å²) in [6, 6.07) is 0. The molecule has 0 N–H and O–H groups in total. The third-order valence-electron chi connectivity index (χ3n) is 4.04. The molecule has 2 heterocycles. The summed E-state index contributed by atoms with van der Waals surface area (Å²) in [5.41, 5.74) is 3.83. The number of carbonyl (C=O) groups is 1. The second kappa shape index (κ2) is 7.81. The number of esters is 1. The van der Waals surface area contributed by atoms with Crippen LogP contribution in [-0.2, 0) is 9.53 Å². The lowest BCUT2D eigenvalue weighted by atomic mass is 9.93. The van der Waals surface area contributed by atoms with Crippen molar-refractivity contribution in [3.8, 4) is 0 Å². The van der Waals surface area contributed by atoms with Gasteiger partial charge in [-0.1, -0.05) is 26.2 Å². The second-order valence-corrected chi connectivity index (χ2v) is 5.84. The summed E-state index contributed by atoms with van der Waals surface area (Å²) in [6.45, 7) is 2.60. The fourth-order valence-corrected chi connectivity index (χ4v) is 2.73. The highest BCUT2D eigenvalue weighted by Crippen LogP contribution is 2.34. The lowest BCUT2D eigenvalue weighted by molar-refractivity contribution is -0.135. The maximum Gasteiger partial charge on any atom is 0.357 e. The summed E-state index contributed by atoms with van der Waals surface area (Å²) in [4.78, 5) is 25.4. The number of hydrogen-bond acceptors (Lipinski definition) is 5. The van der Waals surface area contributed by atoms with E-state index >= 15 is 0 Å². The lowest BCUT2D eigenvalue weighted by Crippen LogP contribution is -2.20. The van der Waals surface area contributed by atoms with E-state index in [1.165, 1.54) is 6.42 Å². The molecule has 0 saturated carbocycles. The van der Waals surface area contributed by atoms with Gasteiger partial charge in [0, 0.05) is 30.6 Å². The molecule has 0 atom stereocenters. The molecule has 0 bridgehead atoms. The topological polar surface area (TPSA) is 63.4 Å². The molecule has 0 unspecified atom stereocenters. The SMILES string of the molecule is CCCCCCOC(=O)C1=NC=C2CC3=C(C=C21)N=C/C=C\C=N3. The quantitative estimate of drug-likeness (QED) is 0.552. The first-order valence-corrected chi connectivity index (χ1v) is 8.42. The third-order valence-corrected chi connectivity index (χ3v) is 4.04. The molecular formula is C19H21N3O2. The average molecular weight is 323 g/mol. The molecule has 0 amide bonds. The highest BCUT2D eigenvalue weighted by Gasteiger charge is 2.29. The van der Waals surface area contributed by atoms with E-state index in [4.69, 9.17) is 4.74 Å². The van der Waals surface area contributed by atoms with Crippen LogP contribution in [0.2, 0.25) is 0 Å². The zero-order chi connectivity index (χ0) is 16.8. The zero-order valence-corrected chi connectivity index (χ0v) is 13.9. The van der Waals surface area contributed by atoms with Crippen LogP contribution < -0.4 is 0 Å². The number of carbonyl (C=O) groups excluding carboxylic acids is 1. The van der Waals surface area contributed by atoms with Gasteiger partial charge >= 0.3 is 5.97 Å². The minimum atomic E-state index is -0.355. The lowest BCUT2D eigenvalue weighted by Gasteiger charge is -2.16. The molecule has 0 aromatic rings. The molecule has 0 fully saturated rings. The van der Waals surface area contributed by atoms with Crippen molar-refractivity contribution in [3.05, 3.63) is 47.0 Å². The fourth-order valence-electron chi connectivity index (χ4n) is 2.73. The van der Waals surface area contributed by atoms with Crippen molar-refractivity contribution in [2.24, 2.45) is 15.0 Å². The van der Waals surface area contributed by atoms with E-state index in [1.54, 1.807) is 18.6 Å². The van der Waals surface area contributed by atoms with Crippen LogP contribution in [0.4, 0.5) is 0 Å². The van der Waals surface area contributed by atoms with Crippen LogP contribution in [-0.4, -0.2) is 30.7 Å². The highest BCUT2D eigenvalue weighted by atomic mass is 16.5. The number of allylic oxidation sites excluding steroid dienone is 4. The van der Waals surface area contributed by atoms with Gasteiger partial charge in [-0.15, -0.1) is 0 Å². The highest BCUT2D eigenvalue weighted by molar-refractivity contribution is 6.45. The van der Waals surface area contributed by atoms with Crippen molar-refractivity contribution in [3.63, 3.8) is 0 Å². The van der Waals surface area contributed by atoms with Gasteiger partial charge in [-0.2, -0.15) is 0 Å². The number of aliphatic imine (C=N–C) groups is 3. The molecule has 0 radical (unpaired) electrons. The zero-order valence-electron chi connectivity index (χ0n) is 13.9. The normalized spacial score (nSPS) is 19.6. The minimum absolute atomic E-state index is 0.355. The van der Waals surface area contributed by atoms with Crippen molar-refractivity contribution < 1.29 is 9.53 Å². The molecule has 5 heteroatoms. The van der Waals surface area contributed by atoms with E-state index in [-0.39, 0.29) is 5.97 Å². The van der Waals surface area contributed by atoms with Gasteiger partial charge < -0.3 is 4.74 Å². The van der Waals surface area contributed by atoms with Gasteiger partial charge in [0.25, 0.3) is 0 Å². The van der Waals surface area contributed by atoms with Crippen LogP contribution >= 0.6 is 0 Å². The Morgan fingerprint density at radius 1 is 1.17 bits per heavy atom. The maximum absolute atomic E-state index is 12.3. The summed E-state index contributed by atoms with van der Waals surface area (Å²) in [5, 5.41) is 0. The van der Waals surface area contributed by atoms with Gasteiger partial charge in [-0.25, -0.2) is 9.79 Å². The first-order chi connectivity index (χ1) is 11.8. The van der Waals surface area contributed by atoms with E-state index < -0.39 is 0 Å². The molecule has 3 rings (SSSR count). The number of unbranched alkanes of at least 4 members (excludes halogenated alkanes) is 3. The predicted octanol–water partition coefficient (Wildman–Crippen LogP) is 3.70. The number of hydrogen-bond donors (Lipinski definition) is 0. The Morgan fingerprint density at radius 3 is 2.83 bits per heavy atom. The fraction of sp³-hybridized carbons (Fsp3) is 0.368. The average Bonchev–Trinajstić information content (AvgIpc) is 2.97. The first-order valence-electron chi connectivity index (χ1n) is 8.42. The summed E-state index contributed by atoms with van der Waals surface area (Å²) < 4.78 is 5.36. The van der Waals surface area contributed by atoms with E-state index in [0.717, 1.165) is 41.8 Å². The number of rotatable bonds is 6. The Balaban J connectivity index is 1.68. The molecular weight excluding hydrogens is 302 g/mol. The van der Waals surface area contributed by atoms with Crippen LogP contribution in [0.15, 0.2) is 61.9 Å². The minimum Gasteiger partial charge on any atom is -0.461 e. The van der Waals surface area contributed by atoms with Gasteiger partial charge in [0.15, 0.2) is 5.71 Å². The maximum atomic E-state index is 12.3. The van der Waals surface area contributed by atoms with Gasteiger partial charge in [-0.05, 0) is 30.2 Å². The molecule has 124 valence electrons. The van der Waals surface area contributed by atoms with E-state index in [1.807, 2.05) is 18.2 Å². The van der Waals surface area contributed by atoms with Crippen LogP contribution in [0.25, 0.3) is 0 Å². The van der Waals surface area contributed by atoms with Gasteiger partial charge in [0.1, 0.15) is 0 Å². The molecule has 0 saturated heterocycles. The summed E-state index contributed by atoms with van der Waals surface area (Å²) in [7, 11) is 0. The molecule has 0 spiro atoms. The van der Waals surface area contributed by atoms with Gasteiger partial charge in [-0.3, -0.25) is 9.98 Å². The summed E-state index contributed by atoms with van der Waals surface area (Å²) >= 11 is 0. The largest absolute Gasteiger partial charge is 0.461 e. The molecule has 3 aliphatic rings. The van der Waals surface area contributed by atoms with Crippen molar-refractivity contribution in [1.82, 2.24) is 0 Å². The van der Waals surface area contributed by atoms with Crippen molar-refractivity contribution >= 4 is 24.1 Å². The molecule has 2 aliphatic heterocycles. The molecule has 5 nitrogen and oxygen atoms in total. The monoisotopic (exact) mass is 323 g/mol. The van der Waals surface area contributed by atoms with Crippen molar-refractivity contribution in [1.29, 1.82) is 0 Å². The van der Waals surface area contributed by atoms with E-state index in [2.05, 4.69) is 21.9 Å². The van der Waals surface area contributed by atoms with Gasteiger partial charge in [0.2, 0.25) is 0 Å². The smallest absolute Gasteiger partial charge is 0.357 e. The standard InChI is InChI=1S/C19H21N3O2/c1-2-3-4-7-10-24-19(23)18-15-12-17-16(11-14(15)13-22-18)20-8-5-6-9-21-17/h5-6,8-9,12-13H,2-4,7,10-11H2,1H3/b6-5-,8-5?,9-6?,20-8?,20-16?,21-9?,21-17?. The summed E-state index contributed by atoms with van der Waals surface area (Å²) in [6.07, 6.45) is 15.7. The molecule has 0 aromatic heterocycles. The van der Waals surface area contributed by atoms with E-state index in [0.29, 0.717) is 18.7 Å². The number of ether oxygens (including phenoxy) is 1. The molecule has 0 aromatic carbocycles. The molecule has 1 aliphatic carbocycles. The Hall–Kier alpha value is -2.56. The van der Waals surface area contributed by atoms with Crippen molar-refractivity contribution in [2.45, 2.75) is 39.0 Å². The number of fused-ring (bicyclic) bond motifs is 1. The Labute approximate surface area is 141 Å². The Morgan fingerprint density at radius 2 is 2.00 bits per heavy atom. The van der Waals surface area contributed by atoms with Crippen LogP contribution in [0, 0.1) is 0 Å². The Kier molecular flexibility index (Phi) is 5.31. The van der Waals surface area contributed by atoms with E-state index in [9.17, 15) is 4.79 Å². The summed E-state index contributed by atoms with van der Waals surface area (Å²) in [5.74, 6) is -0.355. The van der Waals surface area contributed by atoms with Gasteiger partial charge in [0.05, 0.1) is 18.0 Å². The predicted molar refractivity (Wildman–Crippen MR) is 96.5 cm³/mol. The third kappa shape index (κ3) is 3.67. The van der Waals surface area contributed by atoms with Crippen LogP contribution in [0.3, 0.4) is 0 Å². The Bertz CT molecular complexity index is 734.